The van der Waals surface area contributed by atoms with Crippen molar-refractivity contribution in [1.82, 2.24) is 14.9 Å². The van der Waals surface area contributed by atoms with Crippen LogP contribution in [0.25, 0.3) is 6.08 Å². The van der Waals surface area contributed by atoms with E-state index in [9.17, 15) is 19.7 Å². The summed E-state index contributed by atoms with van der Waals surface area (Å²) in [5.74, 6) is -0.403. The van der Waals surface area contributed by atoms with E-state index < -0.39 is 10.8 Å². The van der Waals surface area contributed by atoms with E-state index in [-0.39, 0.29) is 11.2 Å². The first-order chi connectivity index (χ1) is 16.4. The van der Waals surface area contributed by atoms with Gasteiger partial charge in [0.2, 0.25) is 5.56 Å². The lowest BCUT2D eigenvalue weighted by molar-refractivity contribution is -0.384. The molecule has 10 heteroatoms. The van der Waals surface area contributed by atoms with Crippen molar-refractivity contribution in [3.05, 3.63) is 91.0 Å². The van der Waals surface area contributed by atoms with Crippen LogP contribution in [0.2, 0.25) is 0 Å². The number of morpholine rings is 1. The highest BCUT2D eigenvalue weighted by atomic mass is 16.6. The number of nitro groups is 1. The molecule has 2 aliphatic rings. The number of allylic oxidation sites excluding steroid dienone is 2. The minimum Gasteiger partial charge on any atom is -0.378 e. The molecule has 0 saturated carbocycles. The van der Waals surface area contributed by atoms with Gasteiger partial charge in [0.05, 0.1) is 29.9 Å². The molecule has 2 heterocycles. The fourth-order valence-electron chi connectivity index (χ4n) is 4.03. The number of benzene rings is 1. The maximum absolute atomic E-state index is 12.4. The zero-order valence-electron chi connectivity index (χ0n) is 18.8. The molecule has 4 rings (SSSR count). The number of hydrogen-bond acceptors (Lipinski definition) is 7. The Balaban J connectivity index is 1.57. The van der Waals surface area contributed by atoms with Gasteiger partial charge in [-0.15, -0.1) is 0 Å². The minimum atomic E-state index is -0.413. The van der Waals surface area contributed by atoms with E-state index in [0.717, 1.165) is 48.3 Å². The SMILES string of the molecule is Cn1cc(C(=O)N/N=C\C2=C(N3CCOCC3)C(=C\c3ccc([N+](=O)[O-])cc3)/CC2)ccc1=O. The van der Waals surface area contributed by atoms with Gasteiger partial charge < -0.3 is 14.2 Å². The Labute approximate surface area is 196 Å². The summed E-state index contributed by atoms with van der Waals surface area (Å²) in [6.07, 6.45) is 6.72. The number of nitrogens with one attached hydrogen (secondary N) is 1. The van der Waals surface area contributed by atoms with Crippen molar-refractivity contribution in [3.8, 4) is 0 Å². The number of rotatable bonds is 6. The minimum absolute atomic E-state index is 0.0552. The number of aromatic nitrogens is 1. The first-order valence-corrected chi connectivity index (χ1v) is 10.9. The highest BCUT2D eigenvalue weighted by Crippen LogP contribution is 2.35. The molecule has 0 unspecified atom stereocenters. The number of aryl methyl sites for hydroxylation is 1. The molecule has 1 aromatic heterocycles. The van der Waals surface area contributed by atoms with Crippen LogP contribution in [-0.4, -0.2) is 52.8 Å². The number of nitrogens with zero attached hydrogens (tertiary/aromatic N) is 4. The third kappa shape index (κ3) is 5.29. The van der Waals surface area contributed by atoms with Gasteiger partial charge in [0.15, 0.2) is 0 Å². The molecule has 1 aliphatic carbocycles. The Kier molecular flexibility index (Phi) is 6.98. The van der Waals surface area contributed by atoms with Gasteiger partial charge in [0.25, 0.3) is 11.6 Å². The average Bonchev–Trinajstić information content (AvgIpc) is 3.23. The van der Waals surface area contributed by atoms with Crippen molar-refractivity contribution in [2.45, 2.75) is 12.8 Å². The number of hydrazone groups is 1. The molecule has 1 aliphatic heterocycles. The average molecular weight is 463 g/mol. The van der Waals surface area contributed by atoms with Crippen molar-refractivity contribution in [1.29, 1.82) is 0 Å². The van der Waals surface area contributed by atoms with Crippen molar-refractivity contribution in [3.63, 3.8) is 0 Å². The van der Waals surface area contributed by atoms with Gasteiger partial charge in [0.1, 0.15) is 0 Å². The highest BCUT2D eigenvalue weighted by Gasteiger charge is 2.25. The van der Waals surface area contributed by atoms with E-state index in [2.05, 4.69) is 15.4 Å². The van der Waals surface area contributed by atoms with Crippen molar-refractivity contribution in [2.75, 3.05) is 26.3 Å². The Bertz CT molecular complexity index is 1240. The summed E-state index contributed by atoms with van der Waals surface area (Å²) in [5.41, 5.74) is 6.78. The van der Waals surface area contributed by atoms with Gasteiger partial charge in [0, 0.05) is 50.2 Å². The lowest BCUT2D eigenvalue weighted by Crippen LogP contribution is -2.36. The fraction of sp³-hybridized carbons (Fsp3) is 0.292. The normalized spacial score (nSPS) is 17.6. The summed E-state index contributed by atoms with van der Waals surface area (Å²) in [5, 5.41) is 15.1. The fourth-order valence-corrected chi connectivity index (χ4v) is 4.03. The molecule has 176 valence electrons. The molecule has 10 nitrogen and oxygen atoms in total. The summed E-state index contributed by atoms with van der Waals surface area (Å²) < 4.78 is 6.84. The molecule has 1 amide bonds. The van der Waals surface area contributed by atoms with E-state index in [1.54, 1.807) is 25.4 Å². The molecule has 1 N–H and O–H groups in total. The number of pyridine rings is 1. The molecule has 0 radical (unpaired) electrons. The Morgan fingerprint density at radius 1 is 1.15 bits per heavy atom. The van der Waals surface area contributed by atoms with Crippen LogP contribution < -0.4 is 11.0 Å². The smallest absolute Gasteiger partial charge is 0.272 e. The van der Waals surface area contributed by atoms with E-state index >= 15 is 0 Å². The second-order valence-corrected chi connectivity index (χ2v) is 8.06. The number of carbonyl (C=O) groups is 1. The lowest BCUT2D eigenvalue weighted by atomic mass is 10.1. The van der Waals surface area contributed by atoms with Crippen LogP contribution in [-0.2, 0) is 11.8 Å². The molecular formula is C24H25N5O5. The van der Waals surface area contributed by atoms with Gasteiger partial charge in [-0.3, -0.25) is 19.7 Å². The largest absolute Gasteiger partial charge is 0.378 e. The number of hydrogen-bond donors (Lipinski definition) is 1. The Morgan fingerprint density at radius 2 is 1.88 bits per heavy atom. The molecule has 0 bridgehead atoms. The van der Waals surface area contributed by atoms with Gasteiger partial charge in [-0.25, -0.2) is 5.43 Å². The van der Waals surface area contributed by atoms with Crippen LogP contribution in [0, 0.1) is 10.1 Å². The topological polar surface area (TPSA) is 119 Å². The monoisotopic (exact) mass is 463 g/mol. The number of non-ortho nitro benzene ring substituents is 1. The van der Waals surface area contributed by atoms with Gasteiger partial charge >= 0.3 is 0 Å². The standard InChI is InChI=1S/C24H25N5O5/c1-27-16-20(6-9-22(27)30)24(31)26-25-15-19-5-4-18(23(19)28-10-12-34-13-11-28)14-17-2-7-21(8-3-17)29(32)33/h2-3,6-9,14-16H,4-5,10-13H2,1H3,(H,26,31)/b18-14-,25-15-. The Hall–Kier alpha value is -4.05. The van der Waals surface area contributed by atoms with E-state index in [4.69, 9.17) is 4.74 Å². The maximum Gasteiger partial charge on any atom is 0.272 e. The predicted octanol–water partition coefficient (Wildman–Crippen LogP) is 2.47. The van der Waals surface area contributed by atoms with Crippen LogP contribution in [0.15, 0.2) is 69.3 Å². The number of nitro benzene ring substituents is 1. The molecule has 1 fully saturated rings. The predicted molar refractivity (Wildman–Crippen MR) is 127 cm³/mol. The first kappa shape index (κ1) is 23.1. The number of ether oxygens (including phenoxy) is 1. The molecule has 2 aromatic rings. The second-order valence-electron chi connectivity index (χ2n) is 8.06. The maximum atomic E-state index is 12.4. The van der Waals surface area contributed by atoms with Crippen LogP contribution in [0.4, 0.5) is 5.69 Å². The lowest BCUT2D eigenvalue weighted by Gasteiger charge is -2.31. The van der Waals surface area contributed by atoms with Crippen molar-refractivity contribution >= 4 is 23.9 Å². The van der Waals surface area contributed by atoms with Gasteiger partial charge in [-0.1, -0.05) is 0 Å². The van der Waals surface area contributed by atoms with Crippen molar-refractivity contribution < 1.29 is 14.5 Å². The summed E-state index contributed by atoms with van der Waals surface area (Å²) in [7, 11) is 1.58. The summed E-state index contributed by atoms with van der Waals surface area (Å²) >= 11 is 0. The molecule has 34 heavy (non-hydrogen) atoms. The molecule has 1 aromatic carbocycles. The quantitative estimate of drug-likeness (QED) is 0.399. The Morgan fingerprint density at radius 3 is 2.56 bits per heavy atom. The molecular weight excluding hydrogens is 438 g/mol. The van der Waals surface area contributed by atoms with Crippen LogP contribution >= 0.6 is 0 Å². The first-order valence-electron chi connectivity index (χ1n) is 10.9. The van der Waals surface area contributed by atoms with Crippen LogP contribution in [0.1, 0.15) is 28.8 Å². The van der Waals surface area contributed by atoms with E-state index in [1.807, 2.05) is 6.08 Å². The number of carbonyl (C=O) groups excluding carboxylic acids is 1. The summed E-state index contributed by atoms with van der Waals surface area (Å²) in [6, 6.07) is 9.27. The third-order valence-corrected chi connectivity index (χ3v) is 5.78. The number of amides is 1. The van der Waals surface area contributed by atoms with Crippen LogP contribution in [0.3, 0.4) is 0 Å². The van der Waals surface area contributed by atoms with Gasteiger partial charge in [-0.05, 0) is 53.8 Å². The second kappa shape index (κ2) is 10.3. The van der Waals surface area contributed by atoms with E-state index in [0.29, 0.717) is 18.8 Å². The third-order valence-electron chi connectivity index (χ3n) is 5.78. The highest BCUT2D eigenvalue weighted by molar-refractivity contribution is 5.94. The van der Waals surface area contributed by atoms with Crippen molar-refractivity contribution in [2.24, 2.45) is 12.1 Å². The zero-order chi connectivity index (χ0) is 24.1. The molecule has 0 spiro atoms. The van der Waals surface area contributed by atoms with E-state index in [1.165, 1.54) is 35.0 Å². The summed E-state index contributed by atoms with van der Waals surface area (Å²) in [4.78, 5) is 36.7. The summed E-state index contributed by atoms with van der Waals surface area (Å²) in [6.45, 7) is 2.74. The van der Waals surface area contributed by atoms with Gasteiger partial charge in [-0.2, -0.15) is 5.10 Å². The molecule has 1 saturated heterocycles. The van der Waals surface area contributed by atoms with Crippen LogP contribution in [0.5, 0.6) is 0 Å². The zero-order valence-corrected chi connectivity index (χ0v) is 18.8. The molecule has 0 atom stereocenters.